The number of aromatic nitrogens is 2. The summed E-state index contributed by atoms with van der Waals surface area (Å²) < 4.78 is 64.9. The smallest absolute Gasteiger partial charge is 0.200 e. The van der Waals surface area contributed by atoms with E-state index in [4.69, 9.17) is 0 Å². The van der Waals surface area contributed by atoms with Crippen molar-refractivity contribution in [1.82, 2.24) is 9.97 Å². The second-order valence-electron chi connectivity index (χ2n) is 3.33. The van der Waals surface area contributed by atoms with Crippen LogP contribution in [0.3, 0.4) is 0 Å². The Balaban J connectivity index is 2.33. The number of benzene rings is 1. The molecule has 18 heavy (non-hydrogen) atoms. The molecular weight excluding hydrogens is 257 g/mol. The van der Waals surface area contributed by atoms with Crippen molar-refractivity contribution in [3.8, 4) is 0 Å². The maximum Gasteiger partial charge on any atom is 0.200 e. The van der Waals surface area contributed by atoms with Gasteiger partial charge in [0.1, 0.15) is 11.5 Å². The molecule has 0 aliphatic carbocycles. The number of anilines is 1. The van der Waals surface area contributed by atoms with Crippen LogP contribution in [0.25, 0.3) is 0 Å². The first-order valence-electron chi connectivity index (χ1n) is 4.76. The van der Waals surface area contributed by atoms with Crippen molar-refractivity contribution in [1.29, 1.82) is 0 Å². The third-order valence-corrected chi connectivity index (χ3v) is 2.20. The van der Waals surface area contributed by atoms with Gasteiger partial charge < -0.3 is 10.3 Å². The van der Waals surface area contributed by atoms with E-state index in [0.29, 0.717) is 5.82 Å². The third-order valence-electron chi connectivity index (χ3n) is 2.20. The number of H-pyrrole nitrogens is 1. The first-order chi connectivity index (χ1) is 8.52. The first-order valence-corrected chi connectivity index (χ1v) is 4.76. The van der Waals surface area contributed by atoms with Crippen molar-refractivity contribution in [2.75, 3.05) is 5.32 Å². The highest BCUT2D eigenvalue weighted by Gasteiger charge is 2.25. The minimum Gasteiger partial charge on any atom is -0.373 e. The molecule has 2 N–H and O–H groups in total. The van der Waals surface area contributed by atoms with E-state index < -0.39 is 34.8 Å². The zero-order valence-corrected chi connectivity index (χ0v) is 8.70. The molecule has 0 unspecified atom stereocenters. The maximum absolute atomic E-state index is 13.2. The van der Waals surface area contributed by atoms with Gasteiger partial charge in [-0.05, 0) is 0 Å². The summed E-state index contributed by atoms with van der Waals surface area (Å²) in [6, 6.07) is 0. The average molecular weight is 263 g/mol. The molecule has 2 rings (SSSR count). The van der Waals surface area contributed by atoms with Gasteiger partial charge in [0.2, 0.25) is 5.82 Å². The van der Waals surface area contributed by atoms with E-state index in [9.17, 15) is 22.0 Å². The van der Waals surface area contributed by atoms with Crippen LogP contribution in [0.15, 0.2) is 12.4 Å². The first kappa shape index (κ1) is 12.3. The zero-order valence-electron chi connectivity index (χ0n) is 8.70. The summed E-state index contributed by atoms with van der Waals surface area (Å²) in [4.78, 5) is 6.34. The molecule has 1 aromatic heterocycles. The van der Waals surface area contributed by atoms with E-state index in [1.165, 1.54) is 12.4 Å². The Morgan fingerprint density at radius 1 is 0.944 bits per heavy atom. The van der Waals surface area contributed by atoms with E-state index >= 15 is 0 Å². The maximum atomic E-state index is 13.2. The lowest BCUT2D eigenvalue weighted by Crippen LogP contribution is -2.10. The quantitative estimate of drug-likeness (QED) is 0.508. The van der Waals surface area contributed by atoms with Crippen LogP contribution in [0.4, 0.5) is 27.6 Å². The molecule has 1 heterocycles. The molecule has 8 heteroatoms. The lowest BCUT2D eigenvalue weighted by Gasteiger charge is -2.09. The van der Waals surface area contributed by atoms with Crippen LogP contribution in [0, 0.1) is 29.1 Å². The van der Waals surface area contributed by atoms with Gasteiger partial charge in [0.15, 0.2) is 23.3 Å². The molecule has 0 aliphatic heterocycles. The number of rotatable bonds is 3. The van der Waals surface area contributed by atoms with E-state index in [0.717, 1.165) is 0 Å². The molecule has 0 amide bonds. The summed E-state index contributed by atoms with van der Waals surface area (Å²) >= 11 is 0. The fourth-order valence-electron chi connectivity index (χ4n) is 1.33. The molecule has 96 valence electrons. The van der Waals surface area contributed by atoms with Crippen molar-refractivity contribution >= 4 is 5.69 Å². The summed E-state index contributed by atoms with van der Waals surface area (Å²) in [6.45, 7) is -0.203. The number of nitrogens with zero attached hydrogens (tertiary/aromatic N) is 1. The van der Waals surface area contributed by atoms with Crippen LogP contribution in [0.5, 0.6) is 0 Å². The highest BCUT2D eigenvalue weighted by molar-refractivity contribution is 5.47. The van der Waals surface area contributed by atoms with Crippen molar-refractivity contribution < 1.29 is 22.0 Å². The van der Waals surface area contributed by atoms with Crippen molar-refractivity contribution in [2.24, 2.45) is 0 Å². The molecule has 2 aromatic rings. The van der Waals surface area contributed by atoms with E-state index in [1.54, 1.807) is 0 Å². The summed E-state index contributed by atoms with van der Waals surface area (Å²) in [5, 5.41) is 2.10. The van der Waals surface area contributed by atoms with Gasteiger partial charge in [0, 0.05) is 12.4 Å². The Morgan fingerprint density at radius 3 is 2.00 bits per heavy atom. The molecule has 0 spiro atoms. The summed E-state index contributed by atoms with van der Waals surface area (Å²) in [5.41, 5.74) is -1.08. The average Bonchev–Trinajstić information content (AvgIpc) is 2.87. The van der Waals surface area contributed by atoms with Crippen LogP contribution < -0.4 is 5.32 Å². The number of hydrogen-bond donors (Lipinski definition) is 2. The Labute approximate surface area is 97.7 Å². The predicted molar refractivity (Wildman–Crippen MR) is 52.1 cm³/mol. The van der Waals surface area contributed by atoms with E-state index in [1.807, 2.05) is 0 Å². The van der Waals surface area contributed by atoms with Gasteiger partial charge in [-0.1, -0.05) is 0 Å². The van der Waals surface area contributed by atoms with Gasteiger partial charge in [-0.2, -0.15) is 0 Å². The molecular formula is C10H6F5N3. The Bertz CT molecular complexity index is 538. The normalized spacial score (nSPS) is 10.7. The van der Waals surface area contributed by atoms with Crippen LogP contribution in [0.1, 0.15) is 5.82 Å². The fraction of sp³-hybridized carbons (Fsp3) is 0.100. The van der Waals surface area contributed by atoms with Crippen LogP contribution in [-0.2, 0) is 6.54 Å². The Kier molecular flexibility index (Phi) is 3.17. The minimum absolute atomic E-state index is 0.203. The molecule has 0 atom stereocenters. The van der Waals surface area contributed by atoms with Crippen LogP contribution >= 0.6 is 0 Å². The number of hydrogen-bond acceptors (Lipinski definition) is 2. The third kappa shape index (κ3) is 2.01. The zero-order chi connectivity index (χ0) is 13.3. The van der Waals surface area contributed by atoms with Crippen molar-refractivity contribution in [2.45, 2.75) is 6.54 Å². The lowest BCUT2D eigenvalue weighted by molar-refractivity contribution is 0.381. The molecule has 0 saturated carbocycles. The standard InChI is InChI=1S/C10H6F5N3/c11-5-6(12)8(14)10(9(15)7(5)13)18-3-4-16-1-2-17-4/h1-2,18H,3H2,(H,16,17). The van der Waals surface area contributed by atoms with E-state index in [-0.39, 0.29) is 6.54 Å². The summed E-state index contributed by atoms with van der Waals surface area (Å²) in [7, 11) is 0. The highest BCUT2D eigenvalue weighted by atomic mass is 19.2. The lowest BCUT2D eigenvalue weighted by atomic mass is 10.2. The van der Waals surface area contributed by atoms with Gasteiger partial charge >= 0.3 is 0 Å². The SMILES string of the molecule is Fc1c(F)c(F)c(NCc2ncc[nH]2)c(F)c1F. The number of halogens is 5. The van der Waals surface area contributed by atoms with Crippen LogP contribution in [-0.4, -0.2) is 9.97 Å². The number of nitrogens with one attached hydrogen (secondary N) is 2. The van der Waals surface area contributed by atoms with Gasteiger partial charge in [-0.15, -0.1) is 0 Å². The molecule has 0 bridgehead atoms. The van der Waals surface area contributed by atoms with Gasteiger partial charge in [0.25, 0.3) is 0 Å². The van der Waals surface area contributed by atoms with E-state index in [2.05, 4.69) is 15.3 Å². The molecule has 0 radical (unpaired) electrons. The summed E-state index contributed by atoms with van der Waals surface area (Å²) in [5.74, 6) is -9.69. The van der Waals surface area contributed by atoms with Gasteiger partial charge in [-0.25, -0.2) is 26.9 Å². The highest BCUT2D eigenvalue weighted by Crippen LogP contribution is 2.27. The van der Waals surface area contributed by atoms with Crippen molar-refractivity contribution in [3.63, 3.8) is 0 Å². The fourth-order valence-corrected chi connectivity index (χ4v) is 1.33. The molecule has 0 saturated heterocycles. The number of imidazole rings is 1. The molecule has 0 aliphatic rings. The van der Waals surface area contributed by atoms with Crippen molar-refractivity contribution in [3.05, 3.63) is 47.3 Å². The minimum atomic E-state index is -2.19. The topological polar surface area (TPSA) is 40.7 Å². The van der Waals surface area contributed by atoms with Crippen LogP contribution in [0.2, 0.25) is 0 Å². The summed E-state index contributed by atoms with van der Waals surface area (Å²) in [6.07, 6.45) is 2.84. The largest absolute Gasteiger partial charge is 0.373 e. The molecule has 3 nitrogen and oxygen atoms in total. The molecule has 0 fully saturated rings. The number of aromatic amines is 1. The van der Waals surface area contributed by atoms with Gasteiger partial charge in [0.05, 0.1) is 6.54 Å². The predicted octanol–water partition coefficient (Wildman–Crippen LogP) is 2.72. The van der Waals surface area contributed by atoms with Gasteiger partial charge in [-0.3, -0.25) is 0 Å². The second kappa shape index (κ2) is 4.63. The monoisotopic (exact) mass is 263 g/mol. The Hall–Kier alpha value is -2.12. The second-order valence-corrected chi connectivity index (χ2v) is 3.33. The Morgan fingerprint density at radius 2 is 1.50 bits per heavy atom. The molecule has 1 aromatic carbocycles.